The number of halogens is 1. The zero-order valence-corrected chi connectivity index (χ0v) is 17.5. The number of rotatable bonds is 4. The molecule has 31 heavy (non-hydrogen) atoms. The first kappa shape index (κ1) is 19.7. The third-order valence-corrected chi connectivity index (χ3v) is 6.11. The summed E-state index contributed by atoms with van der Waals surface area (Å²) in [6.45, 7) is 5.34. The highest BCUT2D eigenvalue weighted by Crippen LogP contribution is 2.31. The summed E-state index contributed by atoms with van der Waals surface area (Å²) in [4.78, 5) is 19.5. The Hall–Kier alpha value is -3.26. The van der Waals surface area contributed by atoms with Gasteiger partial charge in [-0.15, -0.1) is 0 Å². The predicted octanol–water partition coefficient (Wildman–Crippen LogP) is 1.58. The Morgan fingerprint density at radius 2 is 1.71 bits per heavy atom. The van der Waals surface area contributed by atoms with Crippen molar-refractivity contribution in [2.24, 2.45) is 0 Å². The number of para-hydroxylation sites is 1. The second-order valence-electron chi connectivity index (χ2n) is 8.18. The SMILES string of the molecule is Nc1nc(C[NH+]2CCN(c3ccc(F)cc3)CC2)nc(N2CCCc3ccccc32)n1. The quantitative estimate of drug-likeness (QED) is 0.668. The summed E-state index contributed by atoms with van der Waals surface area (Å²) >= 11 is 0. The van der Waals surface area contributed by atoms with E-state index in [1.807, 2.05) is 18.2 Å². The van der Waals surface area contributed by atoms with Crippen molar-refractivity contribution >= 4 is 23.3 Å². The Morgan fingerprint density at radius 1 is 0.935 bits per heavy atom. The lowest BCUT2D eigenvalue weighted by atomic mass is 10.0. The number of hydrogen-bond acceptors (Lipinski definition) is 6. The number of benzene rings is 2. The average Bonchev–Trinajstić information content (AvgIpc) is 2.79. The molecule has 1 aromatic heterocycles. The summed E-state index contributed by atoms with van der Waals surface area (Å²) in [5.41, 5.74) is 9.60. The van der Waals surface area contributed by atoms with Gasteiger partial charge >= 0.3 is 0 Å². The smallest absolute Gasteiger partial charge is 0.235 e. The third-order valence-electron chi connectivity index (χ3n) is 6.11. The number of anilines is 4. The van der Waals surface area contributed by atoms with Gasteiger partial charge in [-0.1, -0.05) is 18.2 Å². The number of piperazine rings is 1. The molecule has 0 bridgehead atoms. The summed E-state index contributed by atoms with van der Waals surface area (Å²) in [6.07, 6.45) is 2.14. The minimum Gasteiger partial charge on any atom is -0.368 e. The van der Waals surface area contributed by atoms with Crippen LogP contribution in [0.2, 0.25) is 0 Å². The first-order valence-corrected chi connectivity index (χ1v) is 10.9. The molecule has 0 aliphatic carbocycles. The summed E-state index contributed by atoms with van der Waals surface area (Å²) in [5, 5.41) is 0. The number of fused-ring (bicyclic) bond motifs is 1. The number of quaternary nitrogens is 1. The number of nitrogens with one attached hydrogen (secondary N) is 1. The van der Waals surface area contributed by atoms with Crippen LogP contribution in [0.25, 0.3) is 0 Å². The highest BCUT2D eigenvalue weighted by atomic mass is 19.1. The number of aryl methyl sites for hydroxylation is 1. The monoisotopic (exact) mass is 420 g/mol. The molecule has 8 heteroatoms. The minimum atomic E-state index is -0.201. The van der Waals surface area contributed by atoms with Crippen LogP contribution in [0.3, 0.4) is 0 Å². The van der Waals surface area contributed by atoms with Gasteiger partial charge < -0.3 is 20.4 Å². The molecular formula is C23H27FN7+. The van der Waals surface area contributed by atoms with Crippen LogP contribution in [-0.2, 0) is 13.0 Å². The van der Waals surface area contributed by atoms with Crippen molar-refractivity contribution in [1.29, 1.82) is 0 Å². The normalized spacial score (nSPS) is 16.9. The molecule has 1 fully saturated rings. The van der Waals surface area contributed by atoms with E-state index in [0.717, 1.165) is 62.8 Å². The molecule has 2 aromatic carbocycles. The van der Waals surface area contributed by atoms with Gasteiger partial charge in [-0.2, -0.15) is 15.0 Å². The minimum absolute atomic E-state index is 0.201. The Labute approximate surface area is 181 Å². The second-order valence-corrected chi connectivity index (χ2v) is 8.18. The van der Waals surface area contributed by atoms with Gasteiger partial charge in [-0.05, 0) is 48.7 Å². The summed E-state index contributed by atoms with van der Waals surface area (Å²) in [7, 11) is 0. The zero-order valence-electron chi connectivity index (χ0n) is 17.5. The van der Waals surface area contributed by atoms with Crippen molar-refractivity contribution in [3.8, 4) is 0 Å². The van der Waals surface area contributed by atoms with E-state index in [1.54, 1.807) is 0 Å². The van der Waals surface area contributed by atoms with Crippen LogP contribution in [0.4, 0.5) is 27.7 Å². The predicted molar refractivity (Wildman–Crippen MR) is 119 cm³/mol. The van der Waals surface area contributed by atoms with Gasteiger partial charge in [-0.25, -0.2) is 4.39 Å². The molecule has 2 aliphatic rings. The fourth-order valence-corrected chi connectivity index (χ4v) is 4.50. The maximum absolute atomic E-state index is 13.2. The molecule has 1 saturated heterocycles. The van der Waals surface area contributed by atoms with E-state index in [-0.39, 0.29) is 11.8 Å². The highest BCUT2D eigenvalue weighted by Gasteiger charge is 2.24. The number of aromatic nitrogens is 3. The summed E-state index contributed by atoms with van der Waals surface area (Å²) in [5.74, 6) is 1.44. The van der Waals surface area contributed by atoms with Crippen molar-refractivity contribution in [2.45, 2.75) is 19.4 Å². The summed E-state index contributed by atoms with van der Waals surface area (Å²) in [6, 6.07) is 15.1. The second kappa shape index (κ2) is 8.47. The van der Waals surface area contributed by atoms with Crippen LogP contribution in [0.1, 0.15) is 17.8 Å². The fraction of sp³-hybridized carbons (Fsp3) is 0.348. The van der Waals surface area contributed by atoms with Crippen LogP contribution in [0.15, 0.2) is 48.5 Å². The molecule has 7 nitrogen and oxygen atoms in total. The third kappa shape index (κ3) is 4.29. The Bertz CT molecular complexity index is 1050. The number of hydrogen-bond donors (Lipinski definition) is 2. The Morgan fingerprint density at radius 3 is 2.52 bits per heavy atom. The van der Waals surface area contributed by atoms with E-state index in [9.17, 15) is 4.39 Å². The van der Waals surface area contributed by atoms with Gasteiger partial charge in [0.2, 0.25) is 11.9 Å². The van der Waals surface area contributed by atoms with E-state index in [4.69, 9.17) is 10.7 Å². The summed E-state index contributed by atoms with van der Waals surface area (Å²) < 4.78 is 13.2. The molecule has 0 saturated carbocycles. The lowest BCUT2D eigenvalue weighted by molar-refractivity contribution is -0.915. The van der Waals surface area contributed by atoms with Crippen molar-refractivity contribution in [3.05, 3.63) is 65.7 Å². The van der Waals surface area contributed by atoms with Gasteiger partial charge in [0.05, 0.1) is 26.2 Å². The number of nitrogens with two attached hydrogens (primary N) is 1. The zero-order chi connectivity index (χ0) is 21.2. The van der Waals surface area contributed by atoms with Crippen LogP contribution in [0.5, 0.6) is 0 Å². The molecule has 0 radical (unpaired) electrons. The standard InChI is InChI=1S/C23H26FN7/c24-18-7-9-19(10-8-18)30-14-12-29(13-15-30)16-21-26-22(25)28-23(27-21)31-11-3-5-17-4-1-2-6-20(17)31/h1-2,4,6-10H,3,5,11-16H2,(H2,25,26,27,28)/p+1. The Balaban J connectivity index is 1.28. The molecule has 3 N–H and O–H groups in total. The van der Waals surface area contributed by atoms with Crippen molar-refractivity contribution in [3.63, 3.8) is 0 Å². The lowest BCUT2D eigenvalue weighted by Gasteiger charge is -2.33. The first-order valence-electron chi connectivity index (χ1n) is 10.9. The first-order chi connectivity index (χ1) is 15.2. The van der Waals surface area contributed by atoms with Crippen LogP contribution >= 0.6 is 0 Å². The van der Waals surface area contributed by atoms with E-state index in [0.29, 0.717) is 12.5 Å². The highest BCUT2D eigenvalue weighted by molar-refractivity contribution is 5.63. The molecule has 0 unspecified atom stereocenters. The van der Waals surface area contributed by atoms with E-state index >= 15 is 0 Å². The maximum Gasteiger partial charge on any atom is 0.235 e. The lowest BCUT2D eigenvalue weighted by Crippen LogP contribution is -3.13. The van der Waals surface area contributed by atoms with Gasteiger partial charge in [0.25, 0.3) is 0 Å². The Kier molecular flexibility index (Phi) is 5.38. The van der Waals surface area contributed by atoms with E-state index in [2.05, 4.69) is 38.0 Å². The van der Waals surface area contributed by atoms with Crippen molar-refractivity contribution < 1.29 is 9.29 Å². The van der Waals surface area contributed by atoms with Crippen LogP contribution < -0.4 is 20.4 Å². The largest absolute Gasteiger partial charge is 0.368 e. The molecule has 3 aromatic rings. The van der Waals surface area contributed by atoms with Gasteiger partial charge in [0, 0.05) is 17.9 Å². The van der Waals surface area contributed by atoms with E-state index in [1.165, 1.54) is 22.6 Å². The molecule has 5 rings (SSSR count). The molecule has 2 aliphatic heterocycles. The van der Waals surface area contributed by atoms with Crippen LogP contribution in [0, 0.1) is 5.82 Å². The van der Waals surface area contributed by atoms with Gasteiger partial charge in [0.15, 0.2) is 5.82 Å². The number of nitrogen functional groups attached to an aromatic ring is 1. The molecule has 0 atom stereocenters. The number of nitrogens with zero attached hydrogens (tertiary/aromatic N) is 5. The van der Waals surface area contributed by atoms with Crippen molar-refractivity contribution in [1.82, 2.24) is 15.0 Å². The average molecular weight is 421 g/mol. The van der Waals surface area contributed by atoms with E-state index < -0.39 is 0 Å². The maximum atomic E-state index is 13.2. The van der Waals surface area contributed by atoms with Crippen LogP contribution in [-0.4, -0.2) is 47.7 Å². The van der Waals surface area contributed by atoms with Gasteiger partial charge in [0.1, 0.15) is 12.4 Å². The molecule has 0 spiro atoms. The van der Waals surface area contributed by atoms with Crippen molar-refractivity contribution in [2.75, 3.05) is 48.3 Å². The molecular weight excluding hydrogens is 393 g/mol. The fourth-order valence-electron chi connectivity index (χ4n) is 4.50. The topological polar surface area (TPSA) is 75.6 Å². The molecule has 3 heterocycles. The molecule has 0 amide bonds. The molecule has 160 valence electrons. The van der Waals surface area contributed by atoms with Gasteiger partial charge in [-0.3, -0.25) is 0 Å².